The normalized spacial score (nSPS) is 22.3. The Balaban J connectivity index is 2.17. The molecule has 0 aromatic carbocycles. The Bertz CT molecular complexity index is 208. The SMILES string of the molecule is CC(O)(COCC1CCOCC1)C(=O)O. The van der Waals surface area contributed by atoms with Crippen LogP contribution in [0.4, 0.5) is 0 Å². The van der Waals surface area contributed by atoms with Crippen LogP contribution in [0, 0.1) is 5.92 Å². The number of carboxylic acid groups (broad SMARTS) is 1. The summed E-state index contributed by atoms with van der Waals surface area (Å²) in [7, 11) is 0. The highest BCUT2D eigenvalue weighted by Crippen LogP contribution is 2.15. The summed E-state index contributed by atoms with van der Waals surface area (Å²) in [6, 6.07) is 0. The number of hydrogen-bond acceptors (Lipinski definition) is 4. The molecular weight excluding hydrogens is 200 g/mol. The molecule has 0 amide bonds. The van der Waals surface area contributed by atoms with Gasteiger partial charge in [0.1, 0.15) is 0 Å². The van der Waals surface area contributed by atoms with Gasteiger partial charge in [0.25, 0.3) is 0 Å². The number of ether oxygens (including phenoxy) is 2. The summed E-state index contributed by atoms with van der Waals surface area (Å²) in [6.07, 6.45) is 1.88. The van der Waals surface area contributed by atoms with Crippen LogP contribution in [0.25, 0.3) is 0 Å². The number of carbonyl (C=O) groups is 1. The Kier molecular flexibility index (Phi) is 4.50. The first-order valence-corrected chi connectivity index (χ1v) is 5.13. The molecule has 5 heteroatoms. The van der Waals surface area contributed by atoms with Crippen LogP contribution in [0.5, 0.6) is 0 Å². The predicted octanol–water partition coefficient (Wildman–Crippen LogP) is 0.265. The Morgan fingerprint density at radius 2 is 2.13 bits per heavy atom. The van der Waals surface area contributed by atoms with Crippen LogP contribution >= 0.6 is 0 Å². The summed E-state index contributed by atoms with van der Waals surface area (Å²) < 4.78 is 10.4. The van der Waals surface area contributed by atoms with Crippen LogP contribution in [-0.2, 0) is 14.3 Å². The Morgan fingerprint density at radius 1 is 1.53 bits per heavy atom. The Morgan fingerprint density at radius 3 is 2.67 bits per heavy atom. The van der Waals surface area contributed by atoms with Crippen LogP contribution in [0.15, 0.2) is 0 Å². The average Bonchev–Trinajstić information content (AvgIpc) is 2.19. The van der Waals surface area contributed by atoms with Crippen molar-refractivity contribution in [2.45, 2.75) is 25.4 Å². The third kappa shape index (κ3) is 4.15. The molecule has 1 atom stereocenters. The van der Waals surface area contributed by atoms with Gasteiger partial charge in [-0.15, -0.1) is 0 Å². The second kappa shape index (κ2) is 5.44. The highest BCUT2D eigenvalue weighted by atomic mass is 16.5. The van der Waals surface area contributed by atoms with Crippen molar-refractivity contribution in [3.8, 4) is 0 Å². The summed E-state index contributed by atoms with van der Waals surface area (Å²) in [5.74, 6) is -0.835. The lowest BCUT2D eigenvalue weighted by Gasteiger charge is -2.24. The standard InChI is InChI=1S/C10H18O5/c1-10(13,9(11)12)7-15-6-8-2-4-14-5-3-8/h8,13H,2-7H2,1H3,(H,11,12). The van der Waals surface area contributed by atoms with E-state index in [1.165, 1.54) is 6.92 Å². The van der Waals surface area contributed by atoms with E-state index in [2.05, 4.69) is 0 Å². The maximum absolute atomic E-state index is 10.6. The Labute approximate surface area is 89.0 Å². The van der Waals surface area contributed by atoms with E-state index in [0.717, 1.165) is 26.1 Å². The maximum atomic E-state index is 10.6. The van der Waals surface area contributed by atoms with E-state index in [1.54, 1.807) is 0 Å². The van der Waals surface area contributed by atoms with Crippen LogP contribution < -0.4 is 0 Å². The zero-order chi connectivity index (χ0) is 11.3. The van der Waals surface area contributed by atoms with Crippen molar-refractivity contribution in [3.05, 3.63) is 0 Å². The molecule has 15 heavy (non-hydrogen) atoms. The molecule has 88 valence electrons. The van der Waals surface area contributed by atoms with E-state index in [1.807, 2.05) is 0 Å². The van der Waals surface area contributed by atoms with Gasteiger partial charge in [-0.2, -0.15) is 0 Å². The molecule has 0 aromatic rings. The molecule has 0 aromatic heterocycles. The topological polar surface area (TPSA) is 76.0 Å². The summed E-state index contributed by atoms with van der Waals surface area (Å²) in [4.78, 5) is 10.6. The van der Waals surface area contributed by atoms with Crippen molar-refractivity contribution in [2.24, 2.45) is 5.92 Å². The molecule has 1 aliphatic rings. The molecule has 1 saturated heterocycles. The first-order chi connectivity index (χ1) is 7.02. The predicted molar refractivity (Wildman–Crippen MR) is 52.6 cm³/mol. The van der Waals surface area contributed by atoms with Crippen molar-refractivity contribution in [1.29, 1.82) is 0 Å². The average molecular weight is 218 g/mol. The van der Waals surface area contributed by atoms with Gasteiger partial charge in [0.05, 0.1) is 6.61 Å². The minimum atomic E-state index is -1.79. The molecule has 1 heterocycles. The molecule has 0 aliphatic carbocycles. The fraction of sp³-hybridized carbons (Fsp3) is 0.900. The molecule has 0 radical (unpaired) electrons. The van der Waals surface area contributed by atoms with Crippen molar-refractivity contribution in [3.63, 3.8) is 0 Å². The van der Waals surface area contributed by atoms with Gasteiger partial charge in [-0.05, 0) is 25.7 Å². The molecule has 1 rings (SSSR count). The first-order valence-electron chi connectivity index (χ1n) is 5.13. The van der Waals surface area contributed by atoms with Crippen molar-refractivity contribution >= 4 is 5.97 Å². The first kappa shape index (κ1) is 12.4. The third-order valence-electron chi connectivity index (χ3n) is 2.54. The van der Waals surface area contributed by atoms with Crippen molar-refractivity contribution in [1.82, 2.24) is 0 Å². The fourth-order valence-electron chi connectivity index (χ4n) is 1.40. The summed E-state index contributed by atoms with van der Waals surface area (Å²) in [5, 5.41) is 18.0. The highest BCUT2D eigenvalue weighted by molar-refractivity contribution is 5.76. The lowest BCUT2D eigenvalue weighted by molar-refractivity contribution is -0.163. The van der Waals surface area contributed by atoms with Gasteiger partial charge >= 0.3 is 5.97 Å². The minimum absolute atomic E-state index is 0.167. The van der Waals surface area contributed by atoms with Gasteiger partial charge in [0.15, 0.2) is 5.60 Å². The molecule has 1 fully saturated rings. The molecular formula is C10H18O5. The summed E-state index contributed by atoms with van der Waals surface area (Å²) >= 11 is 0. The van der Waals surface area contributed by atoms with Crippen LogP contribution in [0.3, 0.4) is 0 Å². The zero-order valence-corrected chi connectivity index (χ0v) is 8.94. The van der Waals surface area contributed by atoms with Gasteiger partial charge in [0.2, 0.25) is 0 Å². The minimum Gasteiger partial charge on any atom is -0.479 e. The number of aliphatic carboxylic acids is 1. The van der Waals surface area contributed by atoms with Gasteiger partial charge in [-0.1, -0.05) is 0 Å². The van der Waals surface area contributed by atoms with Gasteiger partial charge in [-0.25, -0.2) is 4.79 Å². The van der Waals surface area contributed by atoms with E-state index < -0.39 is 11.6 Å². The third-order valence-corrected chi connectivity index (χ3v) is 2.54. The van der Waals surface area contributed by atoms with Crippen molar-refractivity contribution in [2.75, 3.05) is 26.4 Å². The maximum Gasteiger partial charge on any atom is 0.337 e. The summed E-state index contributed by atoms with van der Waals surface area (Å²) in [6.45, 7) is 3.04. The zero-order valence-electron chi connectivity index (χ0n) is 8.94. The molecule has 5 nitrogen and oxygen atoms in total. The van der Waals surface area contributed by atoms with Crippen LogP contribution in [-0.4, -0.2) is 48.2 Å². The lowest BCUT2D eigenvalue weighted by atomic mass is 10.0. The van der Waals surface area contributed by atoms with E-state index in [0.29, 0.717) is 12.5 Å². The molecule has 2 N–H and O–H groups in total. The van der Waals surface area contributed by atoms with E-state index >= 15 is 0 Å². The van der Waals surface area contributed by atoms with Crippen LogP contribution in [0.1, 0.15) is 19.8 Å². The fourth-order valence-corrected chi connectivity index (χ4v) is 1.40. The second-order valence-electron chi connectivity index (χ2n) is 4.15. The summed E-state index contributed by atoms with van der Waals surface area (Å²) in [5.41, 5.74) is -1.79. The molecule has 1 unspecified atom stereocenters. The van der Waals surface area contributed by atoms with E-state index in [9.17, 15) is 9.90 Å². The van der Waals surface area contributed by atoms with Crippen molar-refractivity contribution < 1.29 is 24.5 Å². The molecule has 1 aliphatic heterocycles. The monoisotopic (exact) mass is 218 g/mol. The number of hydrogen-bond donors (Lipinski definition) is 2. The quantitative estimate of drug-likeness (QED) is 0.692. The van der Waals surface area contributed by atoms with Gasteiger partial charge in [0, 0.05) is 19.8 Å². The Hall–Kier alpha value is -0.650. The lowest BCUT2D eigenvalue weighted by Crippen LogP contribution is -2.40. The van der Waals surface area contributed by atoms with Gasteiger partial charge in [-0.3, -0.25) is 0 Å². The number of rotatable bonds is 5. The van der Waals surface area contributed by atoms with Gasteiger partial charge < -0.3 is 19.7 Å². The van der Waals surface area contributed by atoms with E-state index in [4.69, 9.17) is 14.6 Å². The number of aliphatic hydroxyl groups is 1. The largest absolute Gasteiger partial charge is 0.479 e. The number of carboxylic acids is 1. The highest BCUT2D eigenvalue weighted by Gasteiger charge is 2.30. The molecule has 0 bridgehead atoms. The smallest absolute Gasteiger partial charge is 0.337 e. The molecule has 0 saturated carbocycles. The second-order valence-corrected chi connectivity index (χ2v) is 4.15. The molecule has 0 spiro atoms. The van der Waals surface area contributed by atoms with E-state index in [-0.39, 0.29) is 6.61 Å². The van der Waals surface area contributed by atoms with Crippen LogP contribution in [0.2, 0.25) is 0 Å².